The van der Waals surface area contributed by atoms with Crippen LogP contribution in [0.3, 0.4) is 0 Å². The summed E-state index contributed by atoms with van der Waals surface area (Å²) in [5.74, 6) is -1.51. The van der Waals surface area contributed by atoms with Gasteiger partial charge in [0.1, 0.15) is 6.04 Å². The Hall–Kier alpha value is -0.880. The van der Waals surface area contributed by atoms with E-state index in [0.717, 1.165) is 0 Å². The summed E-state index contributed by atoms with van der Waals surface area (Å²) in [6, 6.07) is -1.06. The van der Waals surface area contributed by atoms with Crippen LogP contribution in [0.5, 0.6) is 0 Å². The Morgan fingerprint density at radius 1 is 1.50 bits per heavy atom. The first-order valence-electron chi connectivity index (χ1n) is 5.14. The summed E-state index contributed by atoms with van der Waals surface area (Å²) in [6.07, 6.45) is 2.68. The summed E-state index contributed by atoms with van der Waals surface area (Å²) >= 11 is 0. The second-order valence-corrected chi connectivity index (χ2v) is 5.80. The zero-order valence-electron chi connectivity index (χ0n) is 9.64. The van der Waals surface area contributed by atoms with Gasteiger partial charge in [-0.2, -0.15) is 0 Å². The van der Waals surface area contributed by atoms with E-state index >= 15 is 0 Å². The smallest absolute Gasteiger partial charge is 0.321 e. The standard InChI is InChI=1S/C10H19NO4S/c1-4-5-6-7-16(14,15)11-9(8(2)3)10(12)13/h4,8-9,11H,1,5-7H2,2-3H3,(H,12,13). The predicted octanol–water partition coefficient (Wildman–Crippen LogP) is 0.981. The molecule has 0 aromatic carbocycles. The summed E-state index contributed by atoms with van der Waals surface area (Å²) in [4.78, 5) is 10.8. The first kappa shape index (κ1) is 15.1. The van der Waals surface area contributed by atoms with E-state index in [1.807, 2.05) is 0 Å². The Kier molecular flexibility index (Phi) is 6.28. The lowest BCUT2D eigenvalue weighted by atomic mass is 10.1. The van der Waals surface area contributed by atoms with Gasteiger partial charge < -0.3 is 5.11 Å². The molecule has 1 atom stereocenters. The Morgan fingerprint density at radius 3 is 2.44 bits per heavy atom. The number of rotatable bonds is 8. The molecule has 0 aliphatic heterocycles. The summed E-state index contributed by atoms with van der Waals surface area (Å²) in [7, 11) is -3.52. The van der Waals surface area contributed by atoms with Crippen molar-refractivity contribution in [3.05, 3.63) is 12.7 Å². The van der Waals surface area contributed by atoms with Crippen molar-refractivity contribution < 1.29 is 18.3 Å². The Labute approximate surface area is 96.6 Å². The van der Waals surface area contributed by atoms with Crippen LogP contribution in [0.25, 0.3) is 0 Å². The lowest BCUT2D eigenvalue weighted by Crippen LogP contribution is -2.45. The van der Waals surface area contributed by atoms with Crippen LogP contribution >= 0.6 is 0 Å². The second kappa shape index (κ2) is 6.65. The molecule has 0 aromatic heterocycles. The van der Waals surface area contributed by atoms with Crippen LogP contribution in [-0.2, 0) is 14.8 Å². The molecule has 2 N–H and O–H groups in total. The number of hydrogen-bond acceptors (Lipinski definition) is 3. The number of hydrogen-bond donors (Lipinski definition) is 2. The Morgan fingerprint density at radius 2 is 2.06 bits per heavy atom. The van der Waals surface area contributed by atoms with E-state index in [2.05, 4.69) is 11.3 Å². The van der Waals surface area contributed by atoms with Crippen LogP contribution in [0.1, 0.15) is 26.7 Å². The Balaban J connectivity index is 4.42. The second-order valence-electron chi connectivity index (χ2n) is 3.93. The number of allylic oxidation sites excluding steroid dienone is 1. The fourth-order valence-electron chi connectivity index (χ4n) is 1.14. The van der Waals surface area contributed by atoms with E-state index in [1.165, 1.54) is 0 Å². The molecule has 1 unspecified atom stereocenters. The van der Waals surface area contributed by atoms with Crippen LogP contribution in [0.15, 0.2) is 12.7 Å². The van der Waals surface area contributed by atoms with Crippen LogP contribution in [0.2, 0.25) is 0 Å². The molecule has 16 heavy (non-hydrogen) atoms. The summed E-state index contributed by atoms with van der Waals surface area (Å²) in [6.45, 7) is 6.80. The Bertz CT molecular complexity index is 335. The number of carbonyl (C=O) groups is 1. The van der Waals surface area contributed by atoms with Gasteiger partial charge in [-0.3, -0.25) is 4.79 Å². The molecule has 6 heteroatoms. The summed E-state index contributed by atoms with van der Waals surface area (Å²) < 4.78 is 25.2. The van der Waals surface area contributed by atoms with Gasteiger partial charge >= 0.3 is 5.97 Å². The van der Waals surface area contributed by atoms with Gasteiger partial charge in [0.05, 0.1) is 5.75 Å². The zero-order valence-corrected chi connectivity index (χ0v) is 10.5. The molecule has 0 fully saturated rings. The topological polar surface area (TPSA) is 83.5 Å². The monoisotopic (exact) mass is 249 g/mol. The number of sulfonamides is 1. The van der Waals surface area contributed by atoms with Crippen LogP contribution in [0, 0.1) is 5.92 Å². The zero-order chi connectivity index (χ0) is 12.8. The number of nitrogens with one attached hydrogen (secondary N) is 1. The van der Waals surface area contributed by atoms with Crippen molar-refractivity contribution in [2.24, 2.45) is 5.92 Å². The minimum absolute atomic E-state index is 0.0739. The summed E-state index contributed by atoms with van der Waals surface area (Å²) in [5.41, 5.74) is 0. The number of aliphatic carboxylic acids is 1. The number of carboxylic acids is 1. The third-order valence-electron chi connectivity index (χ3n) is 2.06. The molecule has 0 rings (SSSR count). The van der Waals surface area contributed by atoms with Crippen molar-refractivity contribution in [3.63, 3.8) is 0 Å². The van der Waals surface area contributed by atoms with Crippen molar-refractivity contribution >= 4 is 16.0 Å². The van der Waals surface area contributed by atoms with Gasteiger partial charge in [0.25, 0.3) is 0 Å². The summed E-state index contributed by atoms with van der Waals surface area (Å²) in [5, 5.41) is 8.84. The maximum atomic E-state index is 11.5. The largest absolute Gasteiger partial charge is 0.480 e. The minimum atomic E-state index is -3.52. The molecule has 0 bridgehead atoms. The first-order valence-corrected chi connectivity index (χ1v) is 6.79. The molecule has 94 valence electrons. The van der Waals surface area contributed by atoms with Crippen molar-refractivity contribution in [2.45, 2.75) is 32.7 Å². The van der Waals surface area contributed by atoms with Gasteiger partial charge in [0.2, 0.25) is 10.0 Å². The lowest BCUT2D eigenvalue weighted by Gasteiger charge is -2.17. The molecule has 0 saturated heterocycles. The van der Waals surface area contributed by atoms with Crippen LogP contribution in [0.4, 0.5) is 0 Å². The van der Waals surface area contributed by atoms with Crippen molar-refractivity contribution in [1.29, 1.82) is 0 Å². The molecular formula is C10H19NO4S. The minimum Gasteiger partial charge on any atom is -0.480 e. The SMILES string of the molecule is C=CCCCS(=O)(=O)NC(C(=O)O)C(C)C. The third-order valence-corrected chi connectivity index (χ3v) is 3.50. The van der Waals surface area contributed by atoms with Crippen LogP contribution in [-0.4, -0.2) is 31.3 Å². The van der Waals surface area contributed by atoms with E-state index in [0.29, 0.717) is 12.8 Å². The highest BCUT2D eigenvalue weighted by atomic mass is 32.2. The fourth-order valence-corrected chi connectivity index (χ4v) is 2.57. The maximum Gasteiger partial charge on any atom is 0.321 e. The van der Waals surface area contributed by atoms with Gasteiger partial charge in [-0.25, -0.2) is 13.1 Å². The molecule has 0 radical (unpaired) electrons. The average molecular weight is 249 g/mol. The van der Waals surface area contributed by atoms with E-state index in [9.17, 15) is 13.2 Å². The fraction of sp³-hybridized carbons (Fsp3) is 0.700. The molecule has 0 spiro atoms. The maximum absolute atomic E-state index is 11.5. The molecule has 0 aromatic rings. The molecule has 5 nitrogen and oxygen atoms in total. The first-order chi connectivity index (χ1) is 7.30. The van der Waals surface area contributed by atoms with E-state index in [4.69, 9.17) is 5.11 Å². The third kappa shape index (κ3) is 5.87. The highest BCUT2D eigenvalue weighted by molar-refractivity contribution is 7.89. The van der Waals surface area contributed by atoms with Gasteiger partial charge in [0.15, 0.2) is 0 Å². The van der Waals surface area contributed by atoms with E-state index in [-0.39, 0.29) is 11.7 Å². The van der Waals surface area contributed by atoms with E-state index in [1.54, 1.807) is 19.9 Å². The van der Waals surface area contributed by atoms with Crippen LogP contribution < -0.4 is 4.72 Å². The van der Waals surface area contributed by atoms with Crippen molar-refractivity contribution in [1.82, 2.24) is 4.72 Å². The molecule has 0 heterocycles. The van der Waals surface area contributed by atoms with Gasteiger partial charge in [0, 0.05) is 0 Å². The lowest BCUT2D eigenvalue weighted by molar-refractivity contribution is -0.140. The predicted molar refractivity (Wildman–Crippen MR) is 62.6 cm³/mol. The average Bonchev–Trinajstić information content (AvgIpc) is 2.13. The molecule has 0 saturated carbocycles. The molecular weight excluding hydrogens is 230 g/mol. The van der Waals surface area contributed by atoms with Gasteiger partial charge in [-0.05, 0) is 18.8 Å². The highest BCUT2D eigenvalue weighted by Crippen LogP contribution is 2.05. The normalized spacial score (nSPS) is 13.7. The van der Waals surface area contributed by atoms with Crippen molar-refractivity contribution in [3.8, 4) is 0 Å². The van der Waals surface area contributed by atoms with Gasteiger partial charge in [-0.1, -0.05) is 19.9 Å². The number of carboxylic acid groups (broad SMARTS) is 1. The van der Waals surface area contributed by atoms with Gasteiger partial charge in [-0.15, -0.1) is 6.58 Å². The quantitative estimate of drug-likeness (QED) is 0.496. The molecule has 0 aliphatic carbocycles. The number of unbranched alkanes of at least 4 members (excludes halogenated alkanes) is 1. The van der Waals surface area contributed by atoms with E-state index < -0.39 is 22.0 Å². The molecule has 0 amide bonds. The molecule has 0 aliphatic rings. The van der Waals surface area contributed by atoms with Crippen molar-refractivity contribution in [2.75, 3.05) is 5.75 Å². The highest BCUT2D eigenvalue weighted by Gasteiger charge is 2.26.